The van der Waals surface area contributed by atoms with Crippen LogP contribution in [0.25, 0.3) is 0 Å². The summed E-state index contributed by atoms with van der Waals surface area (Å²) >= 11 is 0. The number of nitrogens with zero attached hydrogens (tertiary/aromatic N) is 2. The van der Waals surface area contributed by atoms with E-state index >= 15 is 0 Å². The normalized spacial score (nSPS) is 14.5. The molecule has 0 aliphatic carbocycles. The molecule has 1 heterocycles. The fourth-order valence-corrected chi connectivity index (χ4v) is 1.57. The molecular formula is C13H8N2O2. The van der Waals surface area contributed by atoms with Crippen LogP contribution in [-0.4, -0.2) is 11.8 Å². The first kappa shape index (κ1) is 10.8. The predicted octanol–water partition coefficient (Wildman–Crippen LogP) is 1.57. The Hall–Kier alpha value is -2.67. The molecule has 0 saturated carbocycles. The maximum absolute atomic E-state index is 11.9. The Balaban J connectivity index is 2.38. The molecule has 1 aliphatic heterocycles. The van der Waals surface area contributed by atoms with E-state index in [1.165, 1.54) is 0 Å². The molecule has 0 aromatic heterocycles. The number of para-hydroxylation sites is 1. The number of anilines is 1. The van der Waals surface area contributed by atoms with E-state index in [0.29, 0.717) is 5.69 Å². The van der Waals surface area contributed by atoms with Gasteiger partial charge in [0.2, 0.25) is 0 Å². The average Bonchev–Trinajstić information content (AvgIpc) is 2.65. The molecule has 0 radical (unpaired) electrons. The van der Waals surface area contributed by atoms with Gasteiger partial charge in [0.25, 0.3) is 11.8 Å². The van der Waals surface area contributed by atoms with E-state index in [9.17, 15) is 9.59 Å². The van der Waals surface area contributed by atoms with Gasteiger partial charge in [0, 0.05) is 6.08 Å². The van der Waals surface area contributed by atoms with Crippen molar-refractivity contribution in [3.63, 3.8) is 0 Å². The van der Waals surface area contributed by atoms with Gasteiger partial charge in [0.15, 0.2) is 0 Å². The third-order valence-electron chi connectivity index (χ3n) is 2.40. The quantitative estimate of drug-likeness (QED) is 0.565. The molecule has 82 valence electrons. The van der Waals surface area contributed by atoms with Gasteiger partial charge >= 0.3 is 0 Å². The van der Waals surface area contributed by atoms with Crippen LogP contribution in [0.2, 0.25) is 0 Å². The Bertz CT molecular complexity index is 579. The van der Waals surface area contributed by atoms with Gasteiger partial charge in [0.1, 0.15) is 0 Å². The fourth-order valence-electron chi connectivity index (χ4n) is 1.57. The van der Waals surface area contributed by atoms with Crippen molar-refractivity contribution in [2.75, 3.05) is 4.90 Å². The first-order valence-electron chi connectivity index (χ1n) is 4.89. The number of carbonyl (C=O) groups is 2. The predicted molar refractivity (Wildman–Crippen MR) is 61.8 cm³/mol. The topological polar surface area (TPSA) is 61.2 Å². The Morgan fingerprint density at radius 1 is 1.24 bits per heavy atom. The van der Waals surface area contributed by atoms with E-state index in [0.717, 1.165) is 11.0 Å². The van der Waals surface area contributed by atoms with Gasteiger partial charge in [0.05, 0.1) is 22.9 Å². The van der Waals surface area contributed by atoms with E-state index in [4.69, 9.17) is 5.26 Å². The lowest BCUT2D eigenvalue weighted by molar-refractivity contribution is -0.120. The van der Waals surface area contributed by atoms with Gasteiger partial charge in [-0.25, -0.2) is 4.90 Å². The van der Waals surface area contributed by atoms with Crippen LogP contribution in [0.15, 0.2) is 54.1 Å². The molecule has 0 unspecified atom stereocenters. The van der Waals surface area contributed by atoms with Crippen LogP contribution in [0, 0.1) is 11.3 Å². The fraction of sp³-hybridized carbons (Fsp3) is 0. The van der Waals surface area contributed by atoms with Gasteiger partial charge < -0.3 is 0 Å². The van der Waals surface area contributed by atoms with Crippen molar-refractivity contribution in [2.45, 2.75) is 0 Å². The van der Waals surface area contributed by atoms with Crippen molar-refractivity contribution < 1.29 is 9.59 Å². The molecule has 0 N–H and O–H groups in total. The molecule has 4 heteroatoms. The van der Waals surface area contributed by atoms with Gasteiger partial charge in [-0.3, -0.25) is 9.59 Å². The Kier molecular flexibility index (Phi) is 2.59. The Morgan fingerprint density at radius 2 is 1.88 bits per heavy atom. The van der Waals surface area contributed by atoms with Gasteiger partial charge in [-0.1, -0.05) is 24.8 Å². The van der Waals surface area contributed by atoms with Crippen LogP contribution in [0.1, 0.15) is 0 Å². The van der Waals surface area contributed by atoms with E-state index in [1.807, 2.05) is 0 Å². The number of amides is 2. The highest BCUT2D eigenvalue weighted by Gasteiger charge is 2.33. The number of imide groups is 1. The highest BCUT2D eigenvalue weighted by Crippen LogP contribution is 2.24. The number of carbonyl (C=O) groups excluding carboxylic acids is 2. The van der Waals surface area contributed by atoms with Crippen molar-refractivity contribution >= 4 is 17.5 Å². The first-order valence-corrected chi connectivity index (χ1v) is 4.89. The summed E-state index contributed by atoms with van der Waals surface area (Å²) < 4.78 is 0. The van der Waals surface area contributed by atoms with Crippen LogP contribution in [0.3, 0.4) is 0 Å². The SMILES string of the molecule is C=C(C#N)C1=CC(=O)N(c2ccccc2)C1=O. The van der Waals surface area contributed by atoms with Crippen molar-refractivity contribution in [3.05, 3.63) is 54.1 Å². The molecule has 17 heavy (non-hydrogen) atoms. The number of hydrogen-bond donors (Lipinski definition) is 0. The average molecular weight is 224 g/mol. The molecule has 0 atom stereocenters. The first-order chi connectivity index (χ1) is 8.15. The summed E-state index contributed by atoms with van der Waals surface area (Å²) in [5.41, 5.74) is 0.544. The zero-order valence-corrected chi connectivity index (χ0v) is 8.88. The number of benzene rings is 1. The van der Waals surface area contributed by atoms with Crippen LogP contribution in [0.4, 0.5) is 5.69 Å². The molecule has 1 aromatic rings. The summed E-state index contributed by atoms with van der Waals surface area (Å²) in [5.74, 6) is -0.958. The monoisotopic (exact) mass is 224 g/mol. The van der Waals surface area contributed by atoms with Crippen LogP contribution < -0.4 is 4.90 Å². The second-order valence-corrected chi connectivity index (χ2v) is 3.46. The van der Waals surface area contributed by atoms with Crippen LogP contribution in [-0.2, 0) is 9.59 Å². The molecule has 1 aliphatic rings. The lowest BCUT2D eigenvalue weighted by atomic mass is 10.1. The lowest BCUT2D eigenvalue weighted by Crippen LogP contribution is -2.30. The molecule has 2 amide bonds. The van der Waals surface area contributed by atoms with Crippen molar-refractivity contribution in [1.29, 1.82) is 5.26 Å². The minimum atomic E-state index is -0.507. The minimum Gasteiger partial charge on any atom is -0.269 e. The second-order valence-electron chi connectivity index (χ2n) is 3.46. The molecule has 4 nitrogen and oxygen atoms in total. The second kappa shape index (κ2) is 4.06. The molecule has 2 rings (SSSR count). The highest BCUT2D eigenvalue weighted by atomic mass is 16.2. The Morgan fingerprint density at radius 3 is 2.47 bits per heavy atom. The number of nitriles is 1. The summed E-state index contributed by atoms with van der Waals surface area (Å²) in [6.45, 7) is 3.44. The van der Waals surface area contributed by atoms with Crippen LogP contribution >= 0.6 is 0 Å². The van der Waals surface area contributed by atoms with E-state index in [1.54, 1.807) is 36.4 Å². The maximum atomic E-state index is 11.9. The Labute approximate surface area is 98.1 Å². The van der Waals surface area contributed by atoms with Gasteiger partial charge in [-0.05, 0) is 12.1 Å². The number of rotatable bonds is 2. The largest absolute Gasteiger partial charge is 0.269 e. The lowest BCUT2D eigenvalue weighted by Gasteiger charge is -2.14. The van der Waals surface area contributed by atoms with Gasteiger partial charge in [-0.2, -0.15) is 5.26 Å². The molecule has 0 fully saturated rings. The summed E-state index contributed by atoms with van der Waals surface area (Å²) in [5, 5.41) is 8.68. The van der Waals surface area contributed by atoms with Gasteiger partial charge in [-0.15, -0.1) is 0 Å². The highest BCUT2D eigenvalue weighted by molar-refractivity contribution is 6.32. The molecule has 0 saturated heterocycles. The van der Waals surface area contributed by atoms with Crippen molar-refractivity contribution in [1.82, 2.24) is 0 Å². The zero-order chi connectivity index (χ0) is 12.4. The van der Waals surface area contributed by atoms with E-state index in [-0.39, 0.29) is 11.1 Å². The summed E-state index contributed by atoms with van der Waals surface area (Å²) in [6, 6.07) is 10.3. The third kappa shape index (κ3) is 1.74. The zero-order valence-electron chi connectivity index (χ0n) is 8.88. The minimum absolute atomic E-state index is 0.00165. The summed E-state index contributed by atoms with van der Waals surface area (Å²) in [4.78, 5) is 24.7. The molecule has 0 bridgehead atoms. The standard InChI is InChI=1S/C13H8N2O2/c1-9(8-14)11-7-12(16)15(13(11)17)10-5-3-2-4-6-10/h2-7H,1H2. The van der Waals surface area contributed by atoms with E-state index in [2.05, 4.69) is 6.58 Å². The summed E-state index contributed by atoms with van der Waals surface area (Å²) in [6.07, 6.45) is 1.14. The summed E-state index contributed by atoms with van der Waals surface area (Å²) in [7, 11) is 0. The van der Waals surface area contributed by atoms with Crippen LogP contribution in [0.5, 0.6) is 0 Å². The van der Waals surface area contributed by atoms with Crippen molar-refractivity contribution in [3.8, 4) is 6.07 Å². The maximum Gasteiger partial charge on any atom is 0.266 e. The van der Waals surface area contributed by atoms with Crippen molar-refractivity contribution in [2.24, 2.45) is 0 Å². The third-order valence-corrected chi connectivity index (χ3v) is 2.40. The number of hydrogen-bond acceptors (Lipinski definition) is 3. The molecule has 1 aromatic carbocycles. The molecular weight excluding hydrogens is 216 g/mol. The smallest absolute Gasteiger partial charge is 0.266 e. The van der Waals surface area contributed by atoms with E-state index < -0.39 is 11.8 Å². The molecule has 0 spiro atoms.